The fourth-order valence-corrected chi connectivity index (χ4v) is 5.69. The molecule has 0 aromatic heterocycles. The Bertz CT molecular complexity index is 573. The molecule has 148 valence electrons. The Hall–Kier alpha value is 1.09. The topological polar surface area (TPSA) is 178 Å². The van der Waals surface area contributed by atoms with E-state index in [9.17, 15) is 18.6 Å². The Morgan fingerprint density at radius 1 is 1.16 bits per heavy atom. The minimum atomic E-state index is -5.53. The maximum atomic E-state index is 11.7. The van der Waals surface area contributed by atoms with Crippen LogP contribution in [0.1, 0.15) is 6.42 Å². The summed E-state index contributed by atoms with van der Waals surface area (Å²) in [4.78, 5) is 35.4. The van der Waals surface area contributed by atoms with E-state index < -0.39 is 42.3 Å². The van der Waals surface area contributed by atoms with E-state index in [0.717, 1.165) is 0 Å². The van der Waals surface area contributed by atoms with Crippen LogP contribution in [-0.4, -0.2) is 64.4 Å². The van der Waals surface area contributed by atoms with Gasteiger partial charge >= 0.3 is 23.5 Å². The zero-order valence-electron chi connectivity index (χ0n) is 13.1. The molecule has 18 heteroatoms. The van der Waals surface area contributed by atoms with Crippen molar-refractivity contribution in [2.24, 2.45) is 0 Å². The number of phosphoric acid groups is 3. The Labute approximate surface area is 152 Å². The molecule has 12 nitrogen and oxygen atoms in total. The van der Waals surface area contributed by atoms with Gasteiger partial charge in [-0.25, -0.2) is 13.7 Å². The van der Waals surface area contributed by atoms with Gasteiger partial charge in [0.15, 0.2) is 0 Å². The second-order valence-electron chi connectivity index (χ2n) is 4.72. The van der Waals surface area contributed by atoms with E-state index in [1.165, 1.54) is 21.6 Å². The van der Waals surface area contributed by atoms with E-state index in [0.29, 0.717) is 12.4 Å². The quantitative estimate of drug-likeness (QED) is 0.109. The monoisotopic (exact) mass is 462 g/mol. The van der Waals surface area contributed by atoms with Crippen molar-refractivity contribution in [1.29, 1.82) is 0 Å². The largest absolute Gasteiger partial charge is 0.490 e. The van der Waals surface area contributed by atoms with Crippen molar-refractivity contribution in [1.82, 2.24) is 0 Å². The first-order valence-electron chi connectivity index (χ1n) is 6.54. The second-order valence-corrected chi connectivity index (χ2v) is 11.6. The summed E-state index contributed by atoms with van der Waals surface area (Å²) >= 11 is 0. The molecule has 0 aromatic rings. The van der Waals surface area contributed by atoms with Crippen LogP contribution in [0.3, 0.4) is 0 Å². The van der Waals surface area contributed by atoms with Crippen molar-refractivity contribution < 1.29 is 55.9 Å². The highest BCUT2D eigenvalue weighted by Gasteiger charge is 2.42. The van der Waals surface area contributed by atoms with Gasteiger partial charge in [-0.05, 0) is 12.7 Å². The molecular weight excluding hydrogens is 444 g/mol. The summed E-state index contributed by atoms with van der Waals surface area (Å²) < 4.78 is 56.3. The molecule has 1 heterocycles. The van der Waals surface area contributed by atoms with Crippen molar-refractivity contribution in [3.8, 4) is 0 Å². The molecule has 0 aromatic carbocycles. The molecule has 5 atom stereocenters. The van der Waals surface area contributed by atoms with Crippen LogP contribution < -0.4 is 0 Å². The highest BCUT2D eigenvalue weighted by atomic mass is 33.1. The first kappa shape index (κ1) is 24.1. The van der Waals surface area contributed by atoms with Gasteiger partial charge in [-0.3, -0.25) is 4.52 Å². The van der Waals surface area contributed by atoms with Crippen LogP contribution in [0.5, 0.6) is 0 Å². The first-order chi connectivity index (χ1) is 11.3. The van der Waals surface area contributed by atoms with Crippen molar-refractivity contribution in [2.45, 2.75) is 24.6 Å². The molecule has 0 saturated carbocycles. The molecule has 0 aliphatic carbocycles. The van der Waals surface area contributed by atoms with Gasteiger partial charge in [0.1, 0.15) is 19.9 Å². The molecule has 0 radical (unpaired) electrons. The lowest BCUT2D eigenvalue weighted by Gasteiger charge is -2.21. The minimum absolute atomic E-state index is 0.196. The first-order valence-corrected chi connectivity index (χ1v) is 13.8. The van der Waals surface area contributed by atoms with Crippen LogP contribution in [0, 0.1) is 0 Å². The van der Waals surface area contributed by atoms with E-state index in [1.54, 1.807) is 7.85 Å². The number of ether oxygens (including phenoxy) is 2. The molecule has 4 N–H and O–H groups in total. The van der Waals surface area contributed by atoms with Gasteiger partial charge in [0.05, 0.1) is 12.7 Å². The van der Waals surface area contributed by atoms with Gasteiger partial charge in [-0.1, -0.05) is 21.6 Å². The van der Waals surface area contributed by atoms with Gasteiger partial charge in [-0.2, -0.15) is 8.62 Å². The summed E-state index contributed by atoms with van der Waals surface area (Å²) in [6, 6.07) is -0.196. The van der Waals surface area contributed by atoms with E-state index in [-0.39, 0.29) is 6.00 Å². The van der Waals surface area contributed by atoms with E-state index in [2.05, 4.69) is 13.1 Å². The summed E-state index contributed by atoms with van der Waals surface area (Å²) in [6.07, 6.45) is 1.22. The van der Waals surface area contributed by atoms with Crippen LogP contribution in [0.15, 0.2) is 0 Å². The molecule has 2 unspecified atom stereocenters. The Morgan fingerprint density at radius 3 is 2.36 bits per heavy atom. The van der Waals surface area contributed by atoms with Gasteiger partial charge in [0.25, 0.3) is 0 Å². The molecular formula is C7H18BO12P3S2. The zero-order valence-corrected chi connectivity index (χ0v) is 17.4. The lowest BCUT2D eigenvalue weighted by molar-refractivity contribution is -0.0237. The van der Waals surface area contributed by atoms with Crippen molar-refractivity contribution in [2.75, 3.05) is 18.8 Å². The third-order valence-electron chi connectivity index (χ3n) is 2.65. The normalized spacial score (nSPS) is 29.2. The average molecular weight is 462 g/mol. The number of rotatable bonds is 11. The summed E-state index contributed by atoms with van der Waals surface area (Å²) in [6.45, 7) is -0.511. The molecule has 1 aliphatic heterocycles. The lowest BCUT2D eigenvalue weighted by atomic mass is 9.96. The van der Waals surface area contributed by atoms with Crippen molar-refractivity contribution in [3.63, 3.8) is 0 Å². The lowest BCUT2D eigenvalue weighted by Crippen LogP contribution is -2.28. The molecule has 1 saturated heterocycles. The van der Waals surface area contributed by atoms with Crippen LogP contribution in [-0.2, 0) is 36.3 Å². The maximum Gasteiger partial charge on any atom is 0.490 e. The summed E-state index contributed by atoms with van der Waals surface area (Å²) in [5, 5.41) is 0. The SMILES string of the molecule is B[C@H]1C[C@@H](OCSSC)[C@@H](COP(=O)(O)OP(=O)(O)OP(=O)(O)O)O1. The Kier molecular flexibility index (Phi) is 9.69. The molecule has 1 rings (SSSR count). The van der Waals surface area contributed by atoms with Crippen LogP contribution in [0.4, 0.5) is 0 Å². The second kappa shape index (κ2) is 10.0. The van der Waals surface area contributed by atoms with Gasteiger partial charge in [0.2, 0.25) is 0 Å². The van der Waals surface area contributed by atoms with Gasteiger partial charge in [-0.15, -0.1) is 0 Å². The summed E-state index contributed by atoms with van der Waals surface area (Å²) in [7, 11) is -11.4. The van der Waals surface area contributed by atoms with E-state index in [1.807, 2.05) is 6.26 Å². The van der Waals surface area contributed by atoms with E-state index in [4.69, 9.17) is 24.2 Å². The predicted octanol–water partition coefficient (Wildman–Crippen LogP) is 0.432. The number of phosphoric ester groups is 1. The number of hydrogen-bond donors (Lipinski definition) is 4. The van der Waals surface area contributed by atoms with Gasteiger partial charge in [0, 0.05) is 6.00 Å². The standard InChI is InChI=1S/C7H18BO12P3S2/c1-24-25-4-16-5-2-7(8)18-6(5)3-17-22(12,13)20-23(14,15)19-21(9,10)11/h5-7H,2-4,8H2,1H3,(H,12,13)(H,14,15)(H2,9,10,11)/t5-,6-,7-/m1/s1. The Balaban J connectivity index is 2.57. The van der Waals surface area contributed by atoms with Crippen LogP contribution in [0.2, 0.25) is 0 Å². The highest BCUT2D eigenvalue weighted by Crippen LogP contribution is 2.66. The fourth-order valence-electron chi connectivity index (χ4n) is 1.88. The molecule has 25 heavy (non-hydrogen) atoms. The maximum absolute atomic E-state index is 11.7. The third-order valence-corrected chi connectivity index (χ3v) is 7.92. The van der Waals surface area contributed by atoms with Crippen molar-refractivity contribution >= 4 is 52.9 Å². The molecule has 0 spiro atoms. The average Bonchev–Trinajstić information content (AvgIpc) is 2.73. The van der Waals surface area contributed by atoms with Crippen LogP contribution >= 0.6 is 45.1 Å². The highest BCUT2D eigenvalue weighted by molar-refractivity contribution is 8.76. The molecule has 1 fully saturated rings. The summed E-state index contributed by atoms with van der Waals surface area (Å²) in [5.74, 6) is 0.355. The fraction of sp³-hybridized carbons (Fsp3) is 1.00. The molecule has 1 aliphatic rings. The minimum Gasteiger partial charge on any atom is -0.379 e. The van der Waals surface area contributed by atoms with Crippen LogP contribution in [0.25, 0.3) is 0 Å². The molecule has 0 bridgehead atoms. The van der Waals surface area contributed by atoms with E-state index >= 15 is 0 Å². The van der Waals surface area contributed by atoms with Crippen molar-refractivity contribution in [3.05, 3.63) is 0 Å². The van der Waals surface area contributed by atoms with Gasteiger partial charge < -0.3 is 29.0 Å². The zero-order chi connectivity index (χ0) is 19.3. The summed E-state index contributed by atoms with van der Waals surface area (Å²) in [5.41, 5.74) is 0. The molecule has 0 amide bonds. The predicted molar refractivity (Wildman–Crippen MR) is 92.5 cm³/mol. The number of hydrogen-bond acceptors (Lipinski definition) is 10. The smallest absolute Gasteiger partial charge is 0.379 e. The Morgan fingerprint density at radius 2 is 1.80 bits per heavy atom. The third kappa shape index (κ3) is 10.3.